The van der Waals surface area contributed by atoms with Crippen LogP contribution in [-0.2, 0) is 0 Å². The molecule has 60 valence electrons. The van der Waals surface area contributed by atoms with Crippen molar-refractivity contribution in [1.29, 1.82) is 0 Å². The lowest BCUT2D eigenvalue weighted by Gasteiger charge is -2.00. The Kier molecular flexibility index (Phi) is 1.59. The monoisotopic (exact) mass is 179 g/mol. The Labute approximate surface area is 74.2 Å². The first-order valence-electron chi connectivity index (χ1n) is 3.44. The summed E-state index contributed by atoms with van der Waals surface area (Å²) in [6.07, 6.45) is 3.21. The summed E-state index contributed by atoms with van der Waals surface area (Å²) in [5, 5.41) is 0.517. The van der Waals surface area contributed by atoms with Gasteiger partial charge < -0.3 is 5.73 Å². The third-order valence-electron chi connectivity index (χ3n) is 1.63. The topological polar surface area (TPSA) is 51.8 Å². The predicted octanol–water partition coefficient (Wildman–Crippen LogP) is 1.87. The van der Waals surface area contributed by atoms with Crippen LogP contribution in [0.25, 0.3) is 11.0 Å². The largest absolute Gasteiger partial charge is 0.396 e. The molecule has 2 N–H and O–H groups in total. The fourth-order valence-electron chi connectivity index (χ4n) is 1.03. The summed E-state index contributed by atoms with van der Waals surface area (Å²) in [6, 6.07) is 3.51. The molecule has 1 aromatic heterocycles. The number of halogens is 1. The first-order valence-corrected chi connectivity index (χ1v) is 3.81. The van der Waals surface area contributed by atoms with Gasteiger partial charge >= 0.3 is 0 Å². The van der Waals surface area contributed by atoms with E-state index >= 15 is 0 Å². The van der Waals surface area contributed by atoms with Crippen LogP contribution in [0.2, 0.25) is 5.02 Å². The predicted molar refractivity (Wildman–Crippen MR) is 49.0 cm³/mol. The lowest BCUT2D eigenvalue weighted by Crippen LogP contribution is -1.91. The first kappa shape index (κ1) is 7.31. The molecule has 0 bridgehead atoms. The number of anilines is 1. The van der Waals surface area contributed by atoms with E-state index in [9.17, 15) is 0 Å². The maximum atomic E-state index is 5.79. The summed E-state index contributed by atoms with van der Waals surface area (Å²) in [5.74, 6) is 0. The van der Waals surface area contributed by atoms with E-state index in [0.29, 0.717) is 16.2 Å². The molecule has 2 aromatic rings. The number of aromatic nitrogens is 2. The number of fused-ring (bicyclic) bond motifs is 1. The molecule has 0 amide bonds. The molecule has 0 radical (unpaired) electrons. The van der Waals surface area contributed by atoms with Crippen LogP contribution in [0.1, 0.15) is 0 Å². The van der Waals surface area contributed by atoms with Gasteiger partial charge in [-0.3, -0.25) is 9.97 Å². The minimum atomic E-state index is 0.488. The number of nitrogens with two attached hydrogens (primary N) is 1. The zero-order chi connectivity index (χ0) is 8.55. The Bertz CT molecular complexity index is 428. The molecule has 4 heteroatoms. The maximum Gasteiger partial charge on any atom is 0.113 e. The Hall–Kier alpha value is -1.35. The molecule has 0 aliphatic carbocycles. The highest BCUT2D eigenvalue weighted by molar-refractivity contribution is 6.34. The molecule has 0 spiro atoms. The molecular formula is C8H6ClN3. The van der Waals surface area contributed by atoms with Crippen LogP contribution in [0.3, 0.4) is 0 Å². The fraction of sp³-hybridized carbons (Fsp3) is 0. The van der Waals surface area contributed by atoms with E-state index in [1.165, 1.54) is 0 Å². The quantitative estimate of drug-likeness (QED) is 0.628. The number of hydrogen-bond acceptors (Lipinski definition) is 3. The highest BCUT2D eigenvalue weighted by Gasteiger charge is 2.02. The highest BCUT2D eigenvalue weighted by Crippen LogP contribution is 2.24. The van der Waals surface area contributed by atoms with Gasteiger partial charge in [0.25, 0.3) is 0 Å². The third-order valence-corrected chi connectivity index (χ3v) is 1.96. The summed E-state index contributed by atoms with van der Waals surface area (Å²) in [4.78, 5) is 8.15. The van der Waals surface area contributed by atoms with E-state index in [1.54, 1.807) is 24.5 Å². The van der Waals surface area contributed by atoms with E-state index in [1.807, 2.05) is 0 Å². The first-order chi connectivity index (χ1) is 5.79. The van der Waals surface area contributed by atoms with Gasteiger partial charge in [-0.15, -0.1) is 0 Å². The fourth-order valence-corrected chi connectivity index (χ4v) is 1.19. The average molecular weight is 180 g/mol. The van der Waals surface area contributed by atoms with Crippen LogP contribution >= 0.6 is 11.6 Å². The van der Waals surface area contributed by atoms with Gasteiger partial charge in [0.1, 0.15) is 5.52 Å². The summed E-state index contributed by atoms with van der Waals surface area (Å²) in [7, 11) is 0. The Balaban J connectivity index is 2.91. The number of benzene rings is 1. The molecule has 1 aromatic carbocycles. The lowest BCUT2D eigenvalue weighted by atomic mass is 10.2. The van der Waals surface area contributed by atoms with Gasteiger partial charge in [0, 0.05) is 12.4 Å². The van der Waals surface area contributed by atoms with Crippen LogP contribution in [0, 0.1) is 0 Å². The summed E-state index contributed by atoms with van der Waals surface area (Å²) >= 11 is 5.79. The van der Waals surface area contributed by atoms with Crippen LogP contribution in [0.4, 0.5) is 5.69 Å². The molecule has 1 heterocycles. The number of hydrogen-bond donors (Lipinski definition) is 1. The second kappa shape index (κ2) is 2.60. The zero-order valence-corrected chi connectivity index (χ0v) is 6.92. The molecule has 0 fully saturated rings. The minimum Gasteiger partial charge on any atom is -0.396 e. The van der Waals surface area contributed by atoms with Crippen molar-refractivity contribution in [3.8, 4) is 0 Å². The van der Waals surface area contributed by atoms with Crippen molar-refractivity contribution in [2.75, 3.05) is 5.73 Å². The molecule has 0 saturated heterocycles. The Morgan fingerprint density at radius 2 is 1.92 bits per heavy atom. The van der Waals surface area contributed by atoms with Gasteiger partial charge in [-0.05, 0) is 12.1 Å². The molecule has 0 aliphatic heterocycles. The van der Waals surface area contributed by atoms with Crippen LogP contribution in [-0.4, -0.2) is 9.97 Å². The van der Waals surface area contributed by atoms with E-state index in [4.69, 9.17) is 17.3 Å². The zero-order valence-electron chi connectivity index (χ0n) is 6.16. The average Bonchev–Trinajstić information content (AvgIpc) is 2.12. The van der Waals surface area contributed by atoms with Crippen LogP contribution < -0.4 is 5.73 Å². The lowest BCUT2D eigenvalue weighted by molar-refractivity contribution is 1.30. The normalized spacial score (nSPS) is 10.4. The van der Waals surface area contributed by atoms with Crippen molar-refractivity contribution < 1.29 is 0 Å². The SMILES string of the molecule is Nc1c(Cl)ccc2nccnc12. The smallest absolute Gasteiger partial charge is 0.113 e. The van der Waals surface area contributed by atoms with E-state index < -0.39 is 0 Å². The number of nitrogen functional groups attached to an aromatic ring is 1. The molecule has 2 rings (SSSR count). The summed E-state index contributed by atoms with van der Waals surface area (Å²) in [5.41, 5.74) is 7.59. The van der Waals surface area contributed by atoms with Gasteiger partial charge in [-0.25, -0.2) is 0 Å². The maximum absolute atomic E-state index is 5.79. The van der Waals surface area contributed by atoms with Gasteiger partial charge in [-0.2, -0.15) is 0 Å². The van der Waals surface area contributed by atoms with Crippen molar-refractivity contribution in [1.82, 2.24) is 9.97 Å². The van der Waals surface area contributed by atoms with Gasteiger partial charge in [0.15, 0.2) is 0 Å². The van der Waals surface area contributed by atoms with Crippen molar-refractivity contribution >= 4 is 28.3 Å². The van der Waals surface area contributed by atoms with Crippen LogP contribution in [0.15, 0.2) is 24.5 Å². The summed E-state index contributed by atoms with van der Waals surface area (Å²) < 4.78 is 0. The van der Waals surface area contributed by atoms with Crippen molar-refractivity contribution in [3.63, 3.8) is 0 Å². The molecular weight excluding hydrogens is 174 g/mol. The van der Waals surface area contributed by atoms with Gasteiger partial charge in [0.2, 0.25) is 0 Å². The highest BCUT2D eigenvalue weighted by atomic mass is 35.5. The van der Waals surface area contributed by atoms with E-state index in [-0.39, 0.29) is 0 Å². The molecule has 12 heavy (non-hydrogen) atoms. The number of nitrogens with zero attached hydrogens (tertiary/aromatic N) is 2. The standard InChI is InChI=1S/C8H6ClN3/c9-5-1-2-6-8(7(5)10)12-4-3-11-6/h1-4H,10H2. The molecule has 0 atom stereocenters. The van der Waals surface area contributed by atoms with Crippen LogP contribution in [0.5, 0.6) is 0 Å². The molecule has 3 nitrogen and oxygen atoms in total. The van der Waals surface area contributed by atoms with Crippen molar-refractivity contribution in [2.45, 2.75) is 0 Å². The van der Waals surface area contributed by atoms with Crippen molar-refractivity contribution in [3.05, 3.63) is 29.5 Å². The third kappa shape index (κ3) is 0.987. The minimum absolute atomic E-state index is 0.488. The van der Waals surface area contributed by atoms with Crippen molar-refractivity contribution in [2.24, 2.45) is 0 Å². The van der Waals surface area contributed by atoms with Gasteiger partial charge in [-0.1, -0.05) is 11.6 Å². The van der Waals surface area contributed by atoms with Gasteiger partial charge in [0.05, 0.1) is 16.2 Å². The summed E-state index contributed by atoms with van der Waals surface area (Å²) in [6.45, 7) is 0. The molecule has 0 aliphatic rings. The molecule has 0 saturated carbocycles. The van der Waals surface area contributed by atoms with E-state index in [2.05, 4.69) is 9.97 Å². The number of rotatable bonds is 0. The second-order valence-electron chi connectivity index (χ2n) is 2.39. The van der Waals surface area contributed by atoms with E-state index in [0.717, 1.165) is 5.52 Å². The Morgan fingerprint density at radius 1 is 1.17 bits per heavy atom. The molecule has 0 unspecified atom stereocenters. The second-order valence-corrected chi connectivity index (χ2v) is 2.79. The Morgan fingerprint density at radius 3 is 2.75 bits per heavy atom.